The summed E-state index contributed by atoms with van der Waals surface area (Å²) in [6.45, 7) is 9.88. The maximum Gasteiger partial charge on any atom is 0.128 e. The highest BCUT2D eigenvalue weighted by Gasteiger charge is 2.12. The van der Waals surface area contributed by atoms with Crippen molar-refractivity contribution < 1.29 is 0 Å². The third-order valence-electron chi connectivity index (χ3n) is 3.46. The molecule has 3 nitrogen and oxygen atoms in total. The molecule has 0 aliphatic rings. The molecular formula is C16H29N3. The number of nitrogens with zero attached hydrogens (tertiary/aromatic N) is 2. The van der Waals surface area contributed by atoms with Crippen molar-refractivity contribution in [1.82, 2.24) is 15.3 Å². The highest BCUT2D eigenvalue weighted by atomic mass is 14.9. The molecule has 19 heavy (non-hydrogen) atoms. The van der Waals surface area contributed by atoms with Gasteiger partial charge >= 0.3 is 0 Å². The first-order valence-electron chi connectivity index (χ1n) is 7.64. The summed E-state index contributed by atoms with van der Waals surface area (Å²) < 4.78 is 0. The molecule has 0 amide bonds. The van der Waals surface area contributed by atoms with E-state index in [0.29, 0.717) is 5.92 Å². The van der Waals surface area contributed by atoms with Crippen LogP contribution in [-0.4, -0.2) is 23.6 Å². The van der Waals surface area contributed by atoms with Crippen molar-refractivity contribution in [3.05, 3.63) is 22.8 Å². The molecule has 0 aliphatic heterocycles. The van der Waals surface area contributed by atoms with Gasteiger partial charge in [0.1, 0.15) is 5.82 Å². The number of likely N-dealkylation sites (N-methyl/N-ethyl adjacent to an activating group) is 1. The Balaban J connectivity index is 2.98. The van der Waals surface area contributed by atoms with Crippen LogP contribution in [-0.2, 0) is 25.7 Å². The lowest BCUT2D eigenvalue weighted by molar-refractivity contribution is 0.570. The third kappa shape index (κ3) is 4.90. The molecule has 0 aliphatic carbocycles. The summed E-state index contributed by atoms with van der Waals surface area (Å²) in [7, 11) is 2.00. The van der Waals surface area contributed by atoms with Gasteiger partial charge in [-0.1, -0.05) is 27.7 Å². The van der Waals surface area contributed by atoms with Crippen LogP contribution >= 0.6 is 0 Å². The number of hydrogen-bond donors (Lipinski definition) is 1. The molecule has 0 fully saturated rings. The predicted octanol–water partition coefficient (Wildman–Crippen LogP) is 2.95. The van der Waals surface area contributed by atoms with Gasteiger partial charge in [0, 0.05) is 17.8 Å². The minimum absolute atomic E-state index is 0.711. The topological polar surface area (TPSA) is 37.8 Å². The molecule has 108 valence electrons. The van der Waals surface area contributed by atoms with E-state index in [4.69, 9.17) is 9.97 Å². The SMILES string of the molecule is CCc1nc(CCC(C)C)nc(CC)c1CCNC. The molecule has 1 aromatic heterocycles. The van der Waals surface area contributed by atoms with Crippen molar-refractivity contribution in [2.45, 2.75) is 59.8 Å². The predicted molar refractivity (Wildman–Crippen MR) is 81.6 cm³/mol. The second kappa shape index (κ2) is 8.26. The van der Waals surface area contributed by atoms with Gasteiger partial charge in [-0.3, -0.25) is 0 Å². The van der Waals surface area contributed by atoms with Gasteiger partial charge in [0.15, 0.2) is 0 Å². The summed E-state index contributed by atoms with van der Waals surface area (Å²) in [6.07, 6.45) is 5.21. The number of nitrogens with one attached hydrogen (secondary N) is 1. The van der Waals surface area contributed by atoms with E-state index in [2.05, 4.69) is 33.0 Å². The quantitative estimate of drug-likeness (QED) is 0.783. The fraction of sp³-hybridized carbons (Fsp3) is 0.750. The van der Waals surface area contributed by atoms with Gasteiger partial charge in [-0.25, -0.2) is 9.97 Å². The molecule has 0 saturated heterocycles. The normalized spacial score (nSPS) is 11.3. The third-order valence-corrected chi connectivity index (χ3v) is 3.46. The van der Waals surface area contributed by atoms with E-state index in [9.17, 15) is 0 Å². The molecule has 3 heteroatoms. The summed E-state index contributed by atoms with van der Waals surface area (Å²) >= 11 is 0. The summed E-state index contributed by atoms with van der Waals surface area (Å²) in [5.74, 6) is 1.75. The van der Waals surface area contributed by atoms with Gasteiger partial charge in [0.05, 0.1) is 0 Å². The van der Waals surface area contributed by atoms with E-state index in [1.165, 1.54) is 23.4 Å². The van der Waals surface area contributed by atoms with Gasteiger partial charge in [-0.2, -0.15) is 0 Å². The minimum atomic E-state index is 0.711. The van der Waals surface area contributed by atoms with Gasteiger partial charge in [0.2, 0.25) is 0 Å². The zero-order chi connectivity index (χ0) is 14.3. The molecule has 0 radical (unpaired) electrons. The van der Waals surface area contributed by atoms with E-state index >= 15 is 0 Å². The van der Waals surface area contributed by atoms with Crippen LogP contribution in [0.1, 0.15) is 56.9 Å². The maximum atomic E-state index is 4.79. The lowest BCUT2D eigenvalue weighted by Gasteiger charge is -2.14. The molecule has 0 saturated carbocycles. The Labute approximate surface area is 118 Å². The van der Waals surface area contributed by atoms with Gasteiger partial charge in [-0.15, -0.1) is 0 Å². The zero-order valence-electron chi connectivity index (χ0n) is 13.2. The summed E-state index contributed by atoms with van der Waals surface area (Å²) in [6, 6.07) is 0. The van der Waals surface area contributed by atoms with Crippen LogP contribution < -0.4 is 5.32 Å². The Morgan fingerprint density at radius 1 is 1.00 bits per heavy atom. The molecule has 1 aromatic rings. The van der Waals surface area contributed by atoms with E-state index in [1.807, 2.05) is 7.05 Å². The van der Waals surface area contributed by atoms with Crippen LogP contribution in [0.25, 0.3) is 0 Å². The minimum Gasteiger partial charge on any atom is -0.319 e. The van der Waals surface area contributed by atoms with Crippen molar-refractivity contribution >= 4 is 0 Å². The van der Waals surface area contributed by atoms with Crippen molar-refractivity contribution in [2.75, 3.05) is 13.6 Å². The van der Waals surface area contributed by atoms with Crippen molar-refractivity contribution in [3.63, 3.8) is 0 Å². The number of aryl methyl sites for hydroxylation is 3. The lowest BCUT2D eigenvalue weighted by Crippen LogP contribution is -2.16. The Kier molecular flexibility index (Phi) is 7.00. The zero-order valence-corrected chi connectivity index (χ0v) is 13.2. The molecule has 0 spiro atoms. The Hall–Kier alpha value is -0.960. The maximum absolute atomic E-state index is 4.79. The molecule has 0 atom stereocenters. The summed E-state index contributed by atoms with van der Waals surface area (Å²) in [4.78, 5) is 9.57. The van der Waals surface area contributed by atoms with E-state index < -0.39 is 0 Å². The van der Waals surface area contributed by atoms with Gasteiger partial charge in [0.25, 0.3) is 0 Å². The first kappa shape index (κ1) is 16.1. The van der Waals surface area contributed by atoms with Crippen LogP contribution in [0, 0.1) is 5.92 Å². The van der Waals surface area contributed by atoms with Crippen molar-refractivity contribution in [3.8, 4) is 0 Å². The number of rotatable bonds is 8. The Morgan fingerprint density at radius 2 is 1.58 bits per heavy atom. The second-order valence-corrected chi connectivity index (χ2v) is 5.50. The highest BCUT2D eigenvalue weighted by Crippen LogP contribution is 2.16. The lowest BCUT2D eigenvalue weighted by atomic mass is 10.0. The fourth-order valence-electron chi connectivity index (χ4n) is 2.29. The monoisotopic (exact) mass is 263 g/mol. The summed E-state index contributed by atoms with van der Waals surface area (Å²) in [5, 5.41) is 3.22. The van der Waals surface area contributed by atoms with Crippen molar-refractivity contribution in [1.29, 1.82) is 0 Å². The fourth-order valence-corrected chi connectivity index (χ4v) is 2.29. The van der Waals surface area contributed by atoms with E-state index in [1.54, 1.807) is 0 Å². The largest absolute Gasteiger partial charge is 0.319 e. The van der Waals surface area contributed by atoms with Crippen LogP contribution in [0.3, 0.4) is 0 Å². The molecule has 1 heterocycles. The first-order chi connectivity index (χ1) is 9.12. The smallest absolute Gasteiger partial charge is 0.128 e. The molecule has 0 bridgehead atoms. The second-order valence-electron chi connectivity index (χ2n) is 5.50. The van der Waals surface area contributed by atoms with Gasteiger partial charge in [-0.05, 0) is 50.8 Å². The number of aromatic nitrogens is 2. The molecule has 1 N–H and O–H groups in total. The van der Waals surface area contributed by atoms with E-state index in [-0.39, 0.29) is 0 Å². The average molecular weight is 263 g/mol. The molecule has 0 unspecified atom stereocenters. The van der Waals surface area contributed by atoms with E-state index in [0.717, 1.165) is 38.1 Å². The Morgan fingerprint density at radius 3 is 2.00 bits per heavy atom. The first-order valence-corrected chi connectivity index (χ1v) is 7.64. The standard InChI is InChI=1S/C16H29N3/c1-6-14-13(10-11-17-5)15(7-2)19-16(18-14)9-8-12(3)4/h12,17H,6-11H2,1-5H3. The van der Waals surface area contributed by atoms with Crippen LogP contribution in [0.5, 0.6) is 0 Å². The number of hydrogen-bond acceptors (Lipinski definition) is 3. The van der Waals surface area contributed by atoms with Crippen LogP contribution in [0.4, 0.5) is 0 Å². The molecule has 1 rings (SSSR count). The van der Waals surface area contributed by atoms with Gasteiger partial charge < -0.3 is 5.32 Å². The average Bonchev–Trinajstić information content (AvgIpc) is 2.42. The molecule has 0 aromatic carbocycles. The Bertz CT molecular complexity index is 361. The summed E-state index contributed by atoms with van der Waals surface area (Å²) in [5.41, 5.74) is 3.87. The highest BCUT2D eigenvalue weighted by molar-refractivity contribution is 5.27. The van der Waals surface area contributed by atoms with Crippen LogP contribution in [0.15, 0.2) is 0 Å². The van der Waals surface area contributed by atoms with Crippen molar-refractivity contribution in [2.24, 2.45) is 5.92 Å². The van der Waals surface area contributed by atoms with Crippen LogP contribution in [0.2, 0.25) is 0 Å². The molecular weight excluding hydrogens is 234 g/mol.